The average Bonchev–Trinajstić information content (AvgIpc) is 3.25. The third kappa shape index (κ3) is 5.30. The number of aryl methyl sites for hydroxylation is 1. The predicted molar refractivity (Wildman–Crippen MR) is 143 cm³/mol. The molecule has 174 valence electrons. The molecule has 0 aromatic heterocycles. The predicted octanol–water partition coefficient (Wildman–Crippen LogP) is 6.59. The largest absolute Gasteiger partial charge is 0.384 e. The summed E-state index contributed by atoms with van der Waals surface area (Å²) in [6.45, 7) is 18.2. The first-order valence-corrected chi connectivity index (χ1v) is 12.6. The van der Waals surface area contributed by atoms with Crippen LogP contribution in [-0.2, 0) is 6.54 Å². The zero-order chi connectivity index (χ0) is 23.4. The van der Waals surface area contributed by atoms with Crippen molar-refractivity contribution in [3.8, 4) is 0 Å². The molecule has 0 radical (unpaired) electrons. The van der Waals surface area contributed by atoms with Crippen LogP contribution in [0.15, 0.2) is 59.7 Å². The van der Waals surface area contributed by atoms with Crippen LogP contribution < -0.4 is 5.32 Å². The minimum atomic E-state index is 0.501. The second-order valence-electron chi connectivity index (χ2n) is 9.79. The third-order valence-corrected chi connectivity index (χ3v) is 6.96. The van der Waals surface area contributed by atoms with Gasteiger partial charge in [-0.05, 0) is 79.1 Å². The molecule has 2 aliphatic rings. The fourth-order valence-corrected chi connectivity index (χ4v) is 5.01. The Hall–Kier alpha value is -2.65. The van der Waals surface area contributed by atoms with Crippen LogP contribution in [0.1, 0.15) is 73.8 Å². The number of benzene rings is 2. The van der Waals surface area contributed by atoms with Crippen molar-refractivity contribution in [1.29, 1.82) is 0 Å². The Labute approximate surface area is 200 Å². The number of nitrogens with one attached hydrogen (secondary N) is 1. The van der Waals surface area contributed by atoms with Gasteiger partial charge in [0.05, 0.1) is 18.0 Å². The smallest absolute Gasteiger partial charge is 0.0885 e. The summed E-state index contributed by atoms with van der Waals surface area (Å²) in [5, 5.41) is 3.40. The van der Waals surface area contributed by atoms with Gasteiger partial charge < -0.3 is 5.32 Å². The standard InChI is InChI=1S/C30H39N3/c1-6-31-23(5)30-29(25-14-11-24(12-15-25)20-33-16-8-7-9-17-33)28(19-32-30)27-18-26(21(2)3)13-10-22(27)4/h10-15,18,21,31H,5-9,16-17,19-20H2,1-4H3. The zero-order valence-electron chi connectivity index (χ0n) is 20.9. The van der Waals surface area contributed by atoms with E-state index in [1.807, 2.05) is 0 Å². The van der Waals surface area contributed by atoms with E-state index in [9.17, 15) is 0 Å². The van der Waals surface area contributed by atoms with Gasteiger partial charge in [0, 0.05) is 18.7 Å². The van der Waals surface area contributed by atoms with Gasteiger partial charge in [-0.25, -0.2) is 0 Å². The lowest BCUT2D eigenvalue weighted by Crippen LogP contribution is -2.29. The van der Waals surface area contributed by atoms with Crippen molar-refractivity contribution in [3.63, 3.8) is 0 Å². The first-order valence-electron chi connectivity index (χ1n) is 12.6. The summed E-state index contributed by atoms with van der Waals surface area (Å²) in [5.74, 6) is 0.501. The van der Waals surface area contributed by atoms with Crippen LogP contribution in [-0.4, -0.2) is 36.8 Å². The van der Waals surface area contributed by atoms with Crippen molar-refractivity contribution >= 4 is 16.9 Å². The fraction of sp³-hybridized carbons (Fsp3) is 0.433. The van der Waals surface area contributed by atoms with Gasteiger partial charge in [-0.2, -0.15) is 0 Å². The molecule has 2 heterocycles. The minimum Gasteiger partial charge on any atom is -0.384 e. The van der Waals surface area contributed by atoms with Gasteiger partial charge in [0.25, 0.3) is 0 Å². The molecule has 4 rings (SSSR count). The molecule has 2 aliphatic heterocycles. The normalized spacial score (nSPS) is 16.9. The molecule has 0 amide bonds. The summed E-state index contributed by atoms with van der Waals surface area (Å²) in [6.07, 6.45) is 4.03. The highest BCUT2D eigenvalue weighted by molar-refractivity contribution is 6.38. The van der Waals surface area contributed by atoms with Crippen molar-refractivity contribution in [3.05, 3.63) is 82.6 Å². The Morgan fingerprint density at radius 1 is 1.06 bits per heavy atom. The summed E-state index contributed by atoms with van der Waals surface area (Å²) in [7, 11) is 0. The monoisotopic (exact) mass is 441 g/mol. The molecule has 1 fully saturated rings. The molecule has 1 N–H and O–H groups in total. The van der Waals surface area contributed by atoms with Crippen LogP contribution in [0.5, 0.6) is 0 Å². The van der Waals surface area contributed by atoms with E-state index in [4.69, 9.17) is 4.99 Å². The highest BCUT2D eigenvalue weighted by Gasteiger charge is 2.25. The second kappa shape index (κ2) is 10.5. The molecule has 33 heavy (non-hydrogen) atoms. The van der Waals surface area contributed by atoms with Gasteiger partial charge in [0.1, 0.15) is 0 Å². The van der Waals surface area contributed by atoms with Crippen molar-refractivity contribution in [1.82, 2.24) is 10.2 Å². The Balaban J connectivity index is 1.72. The highest BCUT2D eigenvalue weighted by Crippen LogP contribution is 2.36. The molecule has 0 aliphatic carbocycles. The lowest BCUT2D eigenvalue weighted by molar-refractivity contribution is 0.221. The molecule has 0 unspecified atom stereocenters. The topological polar surface area (TPSA) is 27.6 Å². The Bertz CT molecular complexity index is 1050. The Kier molecular flexibility index (Phi) is 7.49. The lowest BCUT2D eigenvalue weighted by atomic mass is 9.88. The molecule has 0 saturated carbocycles. The number of hydrogen-bond acceptors (Lipinski definition) is 3. The van der Waals surface area contributed by atoms with E-state index in [0.29, 0.717) is 12.5 Å². The molecule has 0 atom stereocenters. The SMILES string of the molecule is C=C(NCC)C1=NCC(c2cc(C(C)C)ccc2C)=C1c1ccc(CN2CCCCC2)cc1. The maximum Gasteiger partial charge on any atom is 0.0885 e. The molecule has 3 nitrogen and oxygen atoms in total. The van der Waals surface area contributed by atoms with Crippen LogP contribution >= 0.6 is 0 Å². The second-order valence-corrected chi connectivity index (χ2v) is 9.79. The maximum absolute atomic E-state index is 4.97. The van der Waals surface area contributed by atoms with Gasteiger partial charge >= 0.3 is 0 Å². The first-order chi connectivity index (χ1) is 16.0. The number of aliphatic imine (C=N–C) groups is 1. The summed E-state index contributed by atoms with van der Waals surface area (Å²) in [6, 6.07) is 16.1. The van der Waals surface area contributed by atoms with Crippen LogP contribution in [0.4, 0.5) is 0 Å². The van der Waals surface area contributed by atoms with Crippen LogP contribution in [0.2, 0.25) is 0 Å². The molecule has 1 saturated heterocycles. The van der Waals surface area contributed by atoms with E-state index < -0.39 is 0 Å². The van der Waals surface area contributed by atoms with E-state index in [1.165, 1.54) is 71.3 Å². The Morgan fingerprint density at radius 2 is 1.79 bits per heavy atom. The van der Waals surface area contributed by atoms with E-state index in [2.05, 4.69) is 87.0 Å². The van der Waals surface area contributed by atoms with Crippen LogP contribution in [0.3, 0.4) is 0 Å². The average molecular weight is 442 g/mol. The summed E-state index contributed by atoms with van der Waals surface area (Å²) in [5.41, 5.74) is 11.1. The van der Waals surface area contributed by atoms with Crippen LogP contribution in [0, 0.1) is 6.92 Å². The Morgan fingerprint density at radius 3 is 2.45 bits per heavy atom. The number of rotatable bonds is 8. The van der Waals surface area contributed by atoms with Crippen molar-refractivity contribution in [2.24, 2.45) is 4.99 Å². The quantitative estimate of drug-likeness (QED) is 0.500. The maximum atomic E-state index is 4.97. The number of piperidine rings is 1. The van der Waals surface area contributed by atoms with Crippen molar-refractivity contribution < 1.29 is 0 Å². The van der Waals surface area contributed by atoms with Gasteiger partial charge in [0.2, 0.25) is 0 Å². The van der Waals surface area contributed by atoms with Gasteiger partial charge in [-0.3, -0.25) is 9.89 Å². The van der Waals surface area contributed by atoms with Gasteiger partial charge in [-0.15, -0.1) is 0 Å². The summed E-state index contributed by atoms with van der Waals surface area (Å²) < 4.78 is 0. The molecule has 0 bridgehead atoms. The van der Waals surface area contributed by atoms with Gasteiger partial charge in [-0.1, -0.05) is 69.3 Å². The minimum absolute atomic E-state index is 0.501. The number of nitrogens with zero attached hydrogens (tertiary/aromatic N) is 2. The van der Waals surface area contributed by atoms with Gasteiger partial charge in [0.15, 0.2) is 0 Å². The fourth-order valence-electron chi connectivity index (χ4n) is 5.01. The summed E-state index contributed by atoms with van der Waals surface area (Å²) >= 11 is 0. The first kappa shape index (κ1) is 23.5. The number of hydrogen-bond donors (Lipinski definition) is 1. The van der Waals surface area contributed by atoms with Crippen molar-refractivity contribution in [2.75, 3.05) is 26.2 Å². The van der Waals surface area contributed by atoms with E-state index in [-0.39, 0.29) is 0 Å². The van der Waals surface area contributed by atoms with E-state index in [0.717, 1.165) is 24.5 Å². The zero-order valence-corrected chi connectivity index (χ0v) is 20.9. The molecule has 0 spiro atoms. The molecular weight excluding hydrogens is 402 g/mol. The highest BCUT2D eigenvalue weighted by atomic mass is 15.1. The third-order valence-electron chi connectivity index (χ3n) is 6.96. The van der Waals surface area contributed by atoms with E-state index in [1.54, 1.807) is 0 Å². The van der Waals surface area contributed by atoms with Crippen LogP contribution in [0.25, 0.3) is 11.1 Å². The number of likely N-dealkylation sites (tertiary alicyclic amines) is 1. The molecule has 2 aromatic rings. The summed E-state index contributed by atoms with van der Waals surface area (Å²) in [4.78, 5) is 7.56. The molecular formula is C30H39N3. The molecule has 3 heteroatoms. The number of allylic oxidation sites excluding steroid dienone is 1. The van der Waals surface area contributed by atoms with Crippen molar-refractivity contribution in [2.45, 2.75) is 59.4 Å². The van der Waals surface area contributed by atoms with E-state index >= 15 is 0 Å². The lowest BCUT2D eigenvalue weighted by Gasteiger charge is -2.26. The molecule has 2 aromatic carbocycles.